The van der Waals surface area contributed by atoms with E-state index < -0.39 is 17.9 Å². The van der Waals surface area contributed by atoms with Crippen molar-refractivity contribution < 1.29 is 19.1 Å². The fourth-order valence-electron chi connectivity index (χ4n) is 1.35. The maximum absolute atomic E-state index is 12.7. The molecule has 1 aromatic rings. The molecule has 1 unspecified atom stereocenters. The largest absolute Gasteiger partial charge is 0.480 e. The SMILES string of the molecule is C=CCC(NC(=O)/C=C/c1ccc(F)cc1)C(=O)O. The van der Waals surface area contributed by atoms with E-state index in [2.05, 4.69) is 11.9 Å². The Labute approximate surface area is 110 Å². The lowest BCUT2D eigenvalue weighted by atomic mass is 10.2. The molecule has 1 atom stereocenters. The number of carbonyl (C=O) groups excluding carboxylic acids is 1. The first-order valence-corrected chi connectivity index (χ1v) is 5.60. The van der Waals surface area contributed by atoms with Gasteiger partial charge >= 0.3 is 5.97 Å². The first kappa shape index (κ1) is 14.6. The Morgan fingerprint density at radius 3 is 2.53 bits per heavy atom. The van der Waals surface area contributed by atoms with Gasteiger partial charge in [-0.25, -0.2) is 9.18 Å². The fraction of sp³-hybridized carbons (Fsp3) is 0.143. The molecule has 0 heterocycles. The second kappa shape index (κ2) is 7.10. The van der Waals surface area contributed by atoms with Crippen molar-refractivity contribution in [1.29, 1.82) is 0 Å². The number of nitrogens with one attached hydrogen (secondary N) is 1. The molecule has 1 rings (SSSR count). The van der Waals surface area contributed by atoms with Gasteiger partial charge in [-0.15, -0.1) is 6.58 Å². The van der Waals surface area contributed by atoms with E-state index >= 15 is 0 Å². The first-order chi connectivity index (χ1) is 9.02. The Morgan fingerprint density at radius 1 is 1.37 bits per heavy atom. The highest BCUT2D eigenvalue weighted by Crippen LogP contribution is 2.04. The first-order valence-electron chi connectivity index (χ1n) is 5.60. The highest BCUT2D eigenvalue weighted by Gasteiger charge is 2.16. The zero-order chi connectivity index (χ0) is 14.3. The van der Waals surface area contributed by atoms with Crippen molar-refractivity contribution in [3.8, 4) is 0 Å². The Bertz CT molecular complexity index is 494. The number of halogens is 1. The van der Waals surface area contributed by atoms with E-state index in [1.165, 1.54) is 42.5 Å². The summed E-state index contributed by atoms with van der Waals surface area (Å²) in [4.78, 5) is 22.3. The quantitative estimate of drug-likeness (QED) is 0.609. The van der Waals surface area contributed by atoms with Gasteiger partial charge in [-0.2, -0.15) is 0 Å². The van der Waals surface area contributed by atoms with Crippen molar-refractivity contribution in [2.45, 2.75) is 12.5 Å². The normalized spacial score (nSPS) is 12.1. The van der Waals surface area contributed by atoms with Gasteiger partial charge in [0.15, 0.2) is 0 Å². The molecule has 2 N–H and O–H groups in total. The van der Waals surface area contributed by atoms with E-state index in [0.29, 0.717) is 5.56 Å². The Hall–Kier alpha value is -2.43. The van der Waals surface area contributed by atoms with Crippen LogP contribution in [0, 0.1) is 5.82 Å². The van der Waals surface area contributed by atoms with Crippen LogP contribution >= 0.6 is 0 Å². The van der Waals surface area contributed by atoms with Gasteiger partial charge in [0.05, 0.1) is 0 Å². The molecule has 5 heteroatoms. The summed E-state index contributed by atoms with van der Waals surface area (Å²) >= 11 is 0. The predicted octanol–water partition coefficient (Wildman–Crippen LogP) is 1.98. The Morgan fingerprint density at radius 2 is 2.00 bits per heavy atom. The molecule has 0 radical (unpaired) electrons. The van der Waals surface area contributed by atoms with Gasteiger partial charge in [0.25, 0.3) is 0 Å². The van der Waals surface area contributed by atoms with Gasteiger partial charge < -0.3 is 10.4 Å². The van der Waals surface area contributed by atoms with E-state index in [9.17, 15) is 14.0 Å². The van der Waals surface area contributed by atoms with Gasteiger partial charge in [0.1, 0.15) is 11.9 Å². The second-order valence-corrected chi connectivity index (χ2v) is 3.81. The van der Waals surface area contributed by atoms with Crippen molar-refractivity contribution in [2.75, 3.05) is 0 Å². The maximum Gasteiger partial charge on any atom is 0.326 e. The number of hydrogen-bond acceptors (Lipinski definition) is 2. The van der Waals surface area contributed by atoms with Crippen molar-refractivity contribution in [1.82, 2.24) is 5.32 Å². The van der Waals surface area contributed by atoms with E-state index in [4.69, 9.17) is 5.11 Å². The molecule has 1 amide bonds. The van der Waals surface area contributed by atoms with Crippen molar-refractivity contribution in [2.24, 2.45) is 0 Å². The average Bonchev–Trinajstić information content (AvgIpc) is 2.37. The Balaban J connectivity index is 2.61. The van der Waals surface area contributed by atoms with Crippen molar-refractivity contribution >= 4 is 18.0 Å². The van der Waals surface area contributed by atoms with Gasteiger partial charge in [-0.1, -0.05) is 18.2 Å². The van der Waals surface area contributed by atoms with Crippen LogP contribution < -0.4 is 5.32 Å². The summed E-state index contributed by atoms with van der Waals surface area (Å²) in [6.45, 7) is 3.42. The number of benzene rings is 1. The summed E-state index contributed by atoms with van der Waals surface area (Å²) in [5, 5.41) is 11.2. The van der Waals surface area contributed by atoms with Crippen LogP contribution in [0.15, 0.2) is 43.0 Å². The van der Waals surface area contributed by atoms with E-state index in [1.807, 2.05) is 0 Å². The standard InChI is InChI=1S/C14H14FNO3/c1-2-3-12(14(18)19)16-13(17)9-6-10-4-7-11(15)8-5-10/h2,4-9,12H,1,3H2,(H,16,17)(H,18,19)/b9-6+. The fourth-order valence-corrected chi connectivity index (χ4v) is 1.35. The number of aliphatic carboxylic acids is 1. The molecule has 0 aliphatic carbocycles. The van der Waals surface area contributed by atoms with E-state index in [0.717, 1.165) is 0 Å². The number of rotatable bonds is 6. The molecule has 0 bridgehead atoms. The molecule has 0 saturated heterocycles. The number of carboxylic acids is 1. The minimum atomic E-state index is -1.12. The monoisotopic (exact) mass is 263 g/mol. The van der Waals surface area contributed by atoms with Gasteiger partial charge in [0, 0.05) is 6.08 Å². The summed E-state index contributed by atoms with van der Waals surface area (Å²) in [5.41, 5.74) is 0.646. The molecule has 0 fully saturated rings. The number of carbonyl (C=O) groups is 2. The topological polar surface area (TPSA) is 66.4 Å². The predicted molar refractivity (Wildman–Crippen MR) is 69.8 cm³/mol. The summed E-state index contributed by atoms with van der Waals surface area (Å²) in [5.74, 6) is -2.01. The van der Waals surface area contributed by atoms with E-state index in [-0.39, 0.29) is 12.2 Å². The van der Waals surface area contributed by atoms with Crippen LogP contribution in [0.5, 0.6) is 0 Å². The average molecular weight is 263 g/mol. The molecule has 0 saturated carbocycles. The van der Waals surface area contributed by atoms with Crippen LogP contribution in [0.3, 0.4) is 0 Å². The van der Waals surface area contributed by atoms with E-state index in [1.54, 1.807) is 0 Å². The lowest BCUT2D eigenvalue weighted by Crippen LogP contribution is -2.39. The molecule has 0 aliphatic heterocycles. The molecule has 0 aliphatic rings. The van der Waals surface area contributed by atoms with Crippen molar-refractivity contribution in [3.05, 3.63) is 54.4 Å². The minimum absolute atomic E-state index is 0.144. The minimum Gasteiger partial charge on any atom is -0.480 e. The smallest absolute Gasteiger partial charge is 0.326 e. The number of hydrogen-bond donors (Lipinski definition) is 2. The summed E-state index contributed by atoms with van der Waals surface area (Å²) in [7, 11) is 0. The second-order valence-electron chi connectivity index (χ2n) is 3.81. The zero-order valence-electron chi connectivity index (χ0n) is 10.2. The maximum atomic E-state index is 12.7. The van der Waals surface area contributed by atoms with Gasteiger partial charge in [0.2, 0.25) is 5.91 Å². The van der Waals surface area contributed by atoms with Crippen LogP contribution in [0.25, 0.3) is 6.08 Å². The molecular formula is C14H14FNO3. The molecule has 0 spiro atoms. The van der Waals surface area contributed by atoms with Gasteiger partial charge in [-0.3, -0.25) is 4.79 Å². The highest BCUT2D eigenvalue weighted by atomic mass is 19.1. The molecule has 100 valence electrons. The van der Waals surface area contributed by atoms with Crippen LogP contribution in [-0.2, 0) is 9.59 Å². The third-order valence-electron chi connectivity index (χ3n) is 2.31. The van der Waals surface area contributed by atoms with Crippen LogP contribution in [0.1, 0.15) is 12.0 Å². The van der Waals surface area contributed by atoms with Crippen molar-refractivity contribution in [3.63, 3.8) is 0 Å². The number of amides is 1. The lowest BCUT2D eigenvalue weighted by molar-refractivity contribution is -0.141. The molecule has 19 heavy (non-hydrogen) atoms. The molecule has 1 aromatic carbocycles. The summed E-state index contributed by atoms with van der Waals surface area (Å²) in [6.07, 6.45) is 4.24. The Kier molecular flexibility index (Phi) is 5.47. The highest BCUT2D eigenvalue weighted by molar-refractivity contribution is 5.94. The molecular weight excluding hydrogens is 249 g/mol. The van der Waals surface area contributed by atoms with Crippen LogP contribution in [0.4, 0.5) is 4.39 Å². The molecule has 4 nitrogen and oxygen atoms in total. The third kappa shape index (κ3) is 5.16. The molecule has 0 aromatic heterocycles. The van der Waals surface area contributed by atoms with Crippen LogP contribution in [0.2, 0.25) is 0 Å². The third-order valence-corrected chi connectivity index (χ3v) is 2.31. The summed E-state index contributed by atoms with van der Waals surface area (Å²) in [6, 6.07) is 4.57. The number of carboxylic acid groups (broad SMARTS) is 1. The lowest BCUT2D eigenvalue weighted by Gasteiger charge is -2.10. The van der Waals surface area contributed by atoms with Gasteiger partial charge in [-0.05, 0) is 30.2 Å². The van der Waals surface area contributed by atoms with Crippen LogP contribution in [-0.4, -0.2) is 23.0 Å². The summed E-state index contributed by atoms with van der Waals surface area (Å²) < 4.78 is 12.7. The zero-order valence-corrected chi connectivity index (χ0v) is 10.2.